The van der Waals surface area contributed by atoms with Crippen molar-refractivity contribution in [3.8, 4) is 0 Å². The Kier molecular flexibility index (Phi) is 3.53. The van der Waals surface area contributed by atoms with Crippen LogP contribution in [0.15, 0.2) is 0 Å². The Hall–Kier alpha value is -1.00. The first-order valence-electron chi connectivity index (χ1n) is 2.44. The molecule has 0 unspecified atom stereocenters. The average Bonchev–Trinajstić information content (AvgIpc) is 2.00. The molecule has 0 aliphatic rings. The van der Waals surface area contributed by atoms with Gasteiger partial charge in [-0.25, -0.2) is 13.6 Å². The Morgan fingerprint density at radius 1 is 1.60 bits per heavy atom. The van der Waals surface area contributed by atoms with Crippen molar-refractivity contribution in [1.82, 2.24) is 0 Å². The number of methoxy groups -OCH3 is 1. The molecule has 0 saturated heterocycles. The molecule has 0 aromatic heterocycles. The zero-order valence-corrected chi connectivity index (χ0v) is 5.27. The molecule has 58 valence electrons. The van der Waals surface area contributed by atoms with Crippen molar-refractivity contribution in [2.45, 2.75) is 6.17 Å². The molecule has 0 aromatic carbocycles. The lowest BCUT2D eigenvalue weighted by Gasteiger charge is -2.00. The van der Waals surface area contributed by atoms with E-state index in [-0.39, 0.29) is 0 Å². The third kappa shape index (κ3) is 2.08. The number of rotatable bonds is 3. The minimum absolute atomic E-state index is 0.917. The summed E-state index contributed by atoms with van der Waals surface area (Å²) in [5.41, 5.74) is 0. The van der Waals surface area contributed by atoms with E-state index in [9.17, 15) is 18.4 Å². The van der Waals surface area contributed by atoms with Gasteiger partial charge in [-0.15, -0.1) is 0 Å². The number of halogens is 2. The molecule has 0 saturated carbocycles. The number of carbonyl (C=O) groups excluding carboxylic acids is 2. The standard InChI is InChI=1S/C5H6F2O3/c1-10-5(9)4(7)3(8)2-6/h4H,2H2,1H3/t4-/m1/s1. The third-order valence-corrected chi connectivity index (χ3v) is 0.823. The number of hydrogen-bond acceptors (Lipinski definition) is 3. The number of carbonyl (C=O) groups is 2. The maximum atomic E-state index is 12.1. The van der Waals surface area contributed by atoms with Crippen molar-refractivity contribution in [1.29, 1.82) is 0 Å². The van der Waals surface area contributed by atoms with Gasteiger partial charge in [-0.1, -0.05) is 0 Å². The van der Waals surface area contributed by atoms with E-state index >= 15 is 0 Å². The largest absolute Gasteiger partial charge is 0.467 e. The highest BCUT2D eigenvalue weighted by atomic mass is 19.1. The molecule has 0 rings (SSSR count). The molecule has 10 heavy (non-hydrogen) atoms. The summed E-state index contributed by atoms with van der Waals surface area (Å²) < 4.78 is 27.3. The molecule has 3 nitrogen and oxygen atoms in total. The van der Waals surface area contributed by atoms with Gasteiger partial charge in [0.25, 0.3) is 6.17 Å². The fourth-order valence-corrected chi connectivity index (χ4v) is 0.303. The second kappa shape index (κ2) is 3.92. The predicted molar refractivity (Wildman–Crippen MR) is 27.9 cm³/mol. The second-order valence-electron chi connectivity index (χ2n) is 1.49. The number of esters is 1. The van der Waals surface area contributed by atoms with Gasteiger partial charge in [0.05, 0.1) is 7.11 Å². The van der Waals surface area contributed by atoms with Gasteiger partial charge >= 0.3 is 5.97 Å². The van der Waals surface area contributed by atoms with Crippen molar-refractivity contribution in [3.05, 3.63) is 0 Å². The highest BCUT2D eigenvalue weighted by Gasteiger charge is 2.25. The van der Waals surface area contributed by atoms with Gasteiger partial charge < -0.3 is 4.74 Å². The highest BCUT2D eigenvalue weighted by Crippen LogP contribution is 1.95. The van der Waals surface area contributed by atoms with Crippen LogP contribution in [-0.4, -0.2) is 31.7 Å². The van der Waals surface area contributed by atoms with Gasteiger partial charge in [0, 0.05) is 0 Å². The van der Waals surface area contributed by atoms with Gasteiger partial charge in [0.15, 0.2) is 6.67 Å². The SMILES string of the molecule is COC(=O)[C@H](F)C(=O)CF. The number of hydrogen-bond donors (Lipinski definition) is 0. The van der Waals surface area contributed by atoms with Crippen LogP contribution in [-0.2, 0) is 14.3 Å². The van der Waals surface area contributed by atoms with Gasteiger partial charge in [-0.3, -0.25) is 4.79 Å². The topological polar surface area (TPSA) is 43.4 Å². The molecule has 0 heterocycles. The van der Waals surface area contributed by atoms with Crippen LogP contribution in [0.3, 0.4) is 0 Å². The summed E-state index contributed by atoms with van der Waals surface area (Å²) in [7, 11) is 0.917. The number of ether oxygens (including phenoxy) is 1. The van der Waals surface area contributed by atoms with E-state index in [0.717, 1.165) is 7.11 Å². The Bertz CT molecular complexity index is 130. The maximum absolute atomic E-state index is 12.1. The number of alkyl halides is 2. The molecule has 1 atom stereocenters. The van der Waals surface area contributed by atoms with Crippen molar-refractivity contribution < 1.29 is 23.1 Å². The normalized spacial score (nSPS) is 12.3. The zero-order valence-electron chi connectivity index (χ0n) is 5.27. The van der Waals surface area contributed by atoms with E-state index in [2.05, 4.69) is 4.74 Å². The first-order valence-corrected chi connectivity index (χ1v) is 2.44. The third-order valence-electron chi connectivity index (χ3n) is 0.823. The molecule has 0 amide bonds. The average molecular weight is 152 g/mol. The lowest BCUT2D eigenvalue weighted by molar-refractivity contribution is -0.150. The van der Waals surface area contributed by atoms with Crippen LogP contribution in [0, 0.1) is 0 Å². The van der Waals surface area contributed by atoms with E-state index in [4.69, 9.17) is 0 Å². The van der Waals surface area contributed by atoms with Gasteiger partial charge in [-0.2, -0.15) is 0 Å². The summed E-state index contributed by atoms with van der Waals surface area (Å²) in [6, 6.07) is 0. The van der Waals surface area contributed by atoms with E-state index in [1.54, 1.807) is 0 Å². The summed E-state index contributed by atoms with van der Waals surface area (Å²) in [5, 5.41) is 0. The summed E-state index contributed by atoms with van der Waals surface area (Å²) in [5.74, 6) is -2.77. The Morgan fingerprint density at radius 3 is 2.40 bits per heavy atom. The Labute approximate surface area is 56.0 Å². The lowest BCUT2D eigenvalue weighted by Crippen LogP contribution is -2.27. The molecule has 0 aliphatic carbocycles. The van der Waals surface area contributed by atoms with Crippen LogP contribution < -0.4 is 0 Å². The zero-order chi connectivity index (χ0) is 8.15. The van der Waals surface area contributed by atoms with Crippen molar-refractivity contribution >= 4 is 11.8 Å². The molecule has 0 aromatic rings. The van der Waals surface area contributed by atoms with Gasteiger partial charge in [0.1, 0.15) is 0 Å². The molecule has 0 fully saturated rings. The lowest BCUT2D eigenvalue weighted by atomic mass is 10.3. The number of ketones is 1. The van der Waals surface area contributed by atoms with Gasteiger partial charge in [-0.05, 0) is 0 Å². The van der Waals surface area contributed by atoms with Crippen molar-refractivity contribution in [2.75, 3.05) is 13.8 Å². The molecule has 0 bridgehead atoms. The van der Waals surface area contributed by atoms with E-state index in [1.165, 1.54) is 0 Å². The number of Topliss-reactive ketones (excluding diaryl/α,β-unsaturated/α-hetero) is 1. The van der Waals surface area contributed by atoms with Crippen LogP contribution in [0.1, 0.15) is 0 Å². The van der Waals surface area contributed by atoms with Gasteiger partial charge in [0.2, 0.25) is 5.78 Å². The molecule has 0 radical (unpaired) electrons. The van der Waals surface area contributed by atoms with Crippen LogP contribution in [0.25, 0.3) is 0 Å². The molecule has 5 heteroatoms. The minimum atomic E-state index is -2.48. The second-order valence-corrected chi connectivity index (χ2v) is 1.49. The maximum Gasteiger partial charge on any atom is 0.348 e. The van der Waals surface area contributed by atoms with E-state index in [1.807, 2.05) is 0 Å². The first kappa shape index (κ1) is 9.00. The molecule has 0 N–H and O–H groups in total. The van der Waals surface area contributed by atoms with Crippen LogP contribution >= 0.6 is 0 Å². The molecule has 0 aliphatic heterocycles. The Balaban J connectivity index is 3.94. The summed E-state index contributed by atoms with van der Waals surface area (Å²) in [6.07, 6.45) is -2.48. The van der Waals surface area contributed by atoms with Crippen molar-refractivity contribution in [2.24, 2.45) is 0 Å². The minimum Gasteiger partial charge on any atom is -0.467 e. The fourth-order valence-electron chi connectivity index (χ4n) is 0.303. The smallest absolute Gasteiger partial charge is 0.348 e. The fraction of sp³-hybridized carbons (Fsp3) is 0.600. The monoisotopic (exact) mass is 152 g/mol. The summed E-state index contributed by atoms with van der Waals surface area (Å²) in [6.45, 7) is -1.49. The van der Waals surface area contributed by atoms with Crippen LogP contribution in [0.5, 0.6) is 0 Å². The van der Waals surface area contributed by atoms with Crippen LogP contribution in [0.4, 0.5) is 8.78 Å². The van der Waals surface area contributed by atoms with Crippen LogP contribution in [0.2, 0.25) is 0 Å². The van der Waals surface area contributed by atoms with E-state index < -0.39 is 24.6 Å². The molecule has 0 spiro atoms. The Morgan fingerprint density at radius 2 is 2.10 bits per heavy atom. The van der Waals surface area contributed by atoms with E-state index in [0.29, 0.717) is 0 Å². The highest BCUT2D eigenvalue weighted by molar-refractivity contribution is 6.02. The summed E-state index contributed by atoms with van der Waals surface area (Å²) in [4.78, 5) is 20.2. The summed E-state index contributed by atoms with van der Waals surface area (Å²) >= 11 is 0. The molecular weight excluding hydrogens is 146 g/mol. The predicted octanol–water partition coefficient (Wildman–Crippen LogP) is 0.0361. The molecular formula is C5H6F2O3. The van der Waals surface area contributed by atoms with Crippen molar-refractivity contribution in [3.63, 3.8) is 0 Å². The quantitative estimate of drug-likeness (QED) is 0.423. The first-order chi connectivity index (χ1) is 4.63.